The van der Waals surface area contributed by atoms with Crippen LogP contribution in [0.1, 0.15) is 48.9 Å². The molecular weight excluding hydrogens is 346 g/mol. The fourth-order valence-electron chi connectivity index (χ4n) is 2.97. The number of amides is 1. The molecule has 8 heteroatoms. The molecule has 1 fully saturated rings. The highest BCUT2D eigenvalue weighted by Gasteiger charge is 2.34. The normalized spacial score (nSPS) is 18.2. The summed E-state index contributed by atoms with van der Waals surface area (Å²) in [5, 5.41) is 23.8. The van der Waals surface area contributed by atoms with Gasteiger partial charge in [0.2, 0.25) is 0 Å². The number of carbonyl (C=O) groups excluding carboxylic acids is 1. The smallest absolute Gasteiger partial charge is 0.273 e. The van der Waals surface area contributed by atoms with E-state index in [0.717, 1.165) is 18.4 Å². The lowest BCUT2D eigenvalue weighted by molar-refractivity contribution is 0.0875. The quantitative estimate of drug-likeness (QED) is 0.716. The van der Waals surface area contributed by atoms with E-state index >= 15 is 0 Å². The molecule has 1 aromatic carbocycles. The van der Waals surface area contributed by atoms with Crippen LogP contribution < -0.4 is 5.32 Å². The summed E-state index contributed by atoms with van der Waals surface area (Å²) < 4.78 is 6.97. The van der Waals surface area contributed by atoms with E-state index in [-0.39, 0.29) is 30.3 Å². The molecule has 0 atom stereocenters. The first-order valence-electron chi connectivity index (χ1n) is 9.07. The molecule has 0 spiro atoms. The molecule has 2 N–H and O–H groups in total. The van der Waals surface area contributed by atoms with Crippen LogP contribution in [-0.4, -0.2) is 37.2 Å². The lowest BCUT2D eigenvalue weighted by atomic mass is 9.86. The molecule has 0 saturated heterocycles. The maximum Gasteiger partial charge on any atom is 0.273 e. The van der Waals surface area contributed by atoms with E-state index in [1.165, 1.54) is 0 Å². The van der Waals surface area contributed by atoms with Gasteiger partial charge < -0.3 is 14.9 Å². The van der Waals surface area contributed by atoms with E-state index in [1.807, 2.05) is 44.2 Å². The van der Waals surface area contributed by atoms with Crippen molar-refractivity contribution in [3.05, 3.63) is 54.0 Å². The highest BCUT2D eigenvalue weighted by molar-refractivity contribution is 5.93. The lowest BCUT2D eigenvalue weighted by Gasteiger charge is -2.35. The second kappa shape index (κ2) is 8.59. The first-order chi connectivity index (χ1) is 13.2. The molecule has 1 aliphatic carbocycles. The summed E-state index contributed by atoms with van der Waals surface area (Å²) in [4.78, 5) is 12.3. The topological polar surface area (TPSA) is 106 Å². The van der Waals surface area contributed by atoms with Crippen LogP contribution in [0.25, 0.3) is 11.3 Å². The minimum absolute atomic E-state index is 0.0464. The number of hydrogen-bond acceptors (Lipinski definition) is 6. The summed E-state index contributed by atoms with van der Waals surface area (Å²) in [6.45, 7) is 3.90. The summed E-state index contributed by atoms with van der Waals surface area (Å²) in [6.07, 6.45) is 3.03. The third kappa shape index (κ3) is 4.06. The van der Waals surface area contributed by atoms with E-state index < -0.39 is 0 Å². The Hall–Kier alpha value is -3.00. The number of aromatic nitrogens is 4. The number of carbonyl (C=O) groups is 1. The third-order valence-corrected chi connectivity index (χ3v) is 4.41. The molecule has 142 valence electrons. The lowest BCUT2D eigenvalue weighted by Crippen LogP contribution is -2.45. The number of hydrogen-bond donors (Lipinski definition) is 2. The van der Waals surface area contributed by atoms with Crippen LogP contribution in [0, 0.1) is 0 Å². The molecule has 4 rings (SSSR count). The van der Waals surface area contributed by atoms with Crippen molar-refractivity contribution in [1.82, 2.24) is 25.5 Å². The van der Waals surface area contributed by atoms with Crippen molar-refractivity contribution in [3.8, 4) is 11.3 Å². The minimum atomic E-state index is -0.254. The summed E-state index contributed by atoms with van der Waals surface area (Å²) in [7, 11) is 0. The van der Waals surface area contributed by atoms with Gasteiger partial charge in [-0.25, -0.2) is 4.68 Å². The molecule has 8 nitrogen and oxygen atoms in total. The van der Waals surface area contributed by atoms with Crippen molar-refractivity contribution in [2.45, 2.75) is 45.4 Å². The van der Waals surface area contributed by atoms with Gasteiger partial charge in [0.05, 0.1) is 24.5 Å². The first kappa shape index (κ1) is 18.8. The van der Waals surface area contributed by atoms with E-state index in [9.17, 15) is 9.90 Å². The third-order valence-electron chi connectivity index (χ3n) is 4.41. The molecule has 0 aliphatic heterocycles. The van der Waals surface area contributed by atoms with Crippen molar-refractivity contribution in [2.75, 3.05) is 0 Å². The Bertz CT molecular complexity index is 868. The van der Waals surface area contributed by atoms with Gasteiger partial charge in [-0.05, 0) is 12.8 Å². The Kier molecular flexibility index (Phi) is 5.97. The minimum Gasteiger partial charge on any atom is -0.390 e. The average molecular weight is 369 g/mol. The largest absolute Gasteiger partial charge is 0.390 e. The molecular formula is C19H23N5O3. The van der Waals surface area contributed by atoms with Crippen LogP contribution >= 0.6 is 0 Å². The second-order valence-corrected chi connectivity index (χ2v) is 6.07. The molecule has 1 saturated carbocycles. The standard InChI is InChI=1S/C17H17N5O3.C2H6/c23-10-14-9-18-21-22(14)13-6-12(7-13)19-17(24)15-8-16(25-20-15)11-4-2-1-3-5-11;1-2/h1-5,8-9,12-13,23H,6-7,10H2,(H,19,24);1-2H3. The molecule has 1 aliphatic rings. The highest BCUT2D eigenvalue weighted by Crippen LogP contribution is 2.32. The van der Waals surface area contributed by atoms with Gasteiger partial charge in [0.15, 0.2) is 11.5 Å². The predicted octanol–water partition coefficient (Wildman–Crippen LogP) is 2.59. The highest BCUT2D eigenvalue weighted by atomic mass is 16.5. The van der Waals surface area contributed by atoms with Crippen LogP contribution in [-0.2, 0) is 6.61 Å². The van der Waals surface area contributed by atoms with Crippen LogP contribution in [0.15, 0.2) is 47.1 Å². The van der Waals surface area contributed by atoms with E-state index in [4.69, 9.17) is 4.52 Å². The molecule has 3 aromatic rings. The Morgan fingerprint density at radius 3 is 2.74 bits per heavy atom. The molecule has 0 radical (unpaired) electrons. The van der Waals surface area contributed by atoms with Crippen LogP contribution in [0.2, 0.25) is 0 Å². The van der Waals surface area contributed by atoms with Crippen LogP contribution in [0.4, 0.5) is 0 Å². The Balaban J connectivity index is 0.00000102. The zero-order valence-electron chi connectivity index (χ0n) is 15.4. The van der Waals surface area contributed by atoms with Gasteiger partial charge in [0, 0.05) is 17.7 Å². The zero-order valence-corrected chi connectivity index (χ0v) is 15.4. The van der Waals surface area contributed by atoms with Crippen molar-refractivity contribution in [1.29, 1.82) is 0 Å². The van der Waals surface area contributed by atoms with Crippen molar-refractivity contribution >= 4 is 5.91 Å². The summed E-state index contributed by atoms with van der Waals surface area (Å²) in [5.74, 6) is 0.308. The summed E-state index contributed by atoms with van der Waals surface area (Å²) in [5.41, 5.74) is 1.82. The molecule has 1 amide bonds. The SMILES string of the molecule is CC.O=C(NC1CC(n2nncc2CO)C1)c1cc(-c2ccccc2)on1. The maximum absolute atomic E-state index is 12.3. The van der Waals surface area contributed by atoms with Crippen molar-refractivity contribution < 1.29 is 14.4 Å². The molecule has 0 bridgehead atoms. The zero-order chi connectivity index (χ0) is 19.2. The number of benzene rings is 1. The Labute approximate surface area is 157 Å². The number of nitrogens with one attached hydrogen (secondary N) is 1. The summed E-state index contributed by atoms with van der Waals surface area (Å²) >= 11 is 0. The second-order valence-electron chi connectivity index (χ2n) is 6.07. The van der Waals surface area contributed by atoms with E-state index in [1.54, 1.807) is 16.9 Å². The molecule has 2 heterocycles. The van der Waals surface area contributed by atoms with Gasteiger partial charge in [0.1, 0.15) is 0 Å². The monoisotopic (exact) mass is 369 g/mol. The van der Waals surface area contributed by atoms with E-state index in [2.05, 4.69) is 20.8 Å². The number of aliphatic hydroxyl groups excluding tert-OH is 1. The van der Waals surface area contributed by atoms with E-state index in [0.29, 0.717) is 11.5 Å². The van der Waals surface area contributed by atoms with Gasteiger partial charge in [-0.2, -0.15) is 0 Å². The fraction of sp³-hybridized carbons (Fsp3) is 0.368. The first-order valence-corrected chi connectivity index (χ1v) is 9.07. The number of aliphatic hydroxyl groups is 1. The van der Waals surface area contributed by atoms with Gasteiger partial charge in [0.25, 0.3) is 5.91 Å². The predicted molar refractivity (Wildman–Crippen MR) is 98.8 cm³/mol. The van der Waals surface area contributed by atoms with Gasteiger partial charge in [-0.1, -0.05) is 54.5 Å². The average Bonchev–Trinajstić information content (AvgIpc) is 3.36. The number of nitrogens with zero attached hydrogens (tertiary/aromatic N) is 4. The van der Waals surface area contributed by atoms with Gasteiger partial charge >= 0.3 is 0 Å². The molecule has 0 unspecified atom stereocenters. The fourth-order valence-corrected chi connectivity index (χ4v) is 2.97. The Morgan fingerprint density at radius 2 is 2.04 bits per heavy atom. The van der Waals surface area contributed by atoms with Crippen LogP contribution in [0.5, 0.6) is 0 Å². The van der Waals surface area contributed by atoms with Crippen molar-refractivity contribution in [3.63, 3.8) is 0 Å². The summed E-state index contributed by atoms with van der Waals surface area (Å²) in [6, 6.07) is 11.3. The van der Waals surface area contributed by atoms with Gasteiger partial charge in [-0.15, -0.1) is 5.10 Å². The van der Waals surface area contributed by atoms with Gasteiger partial charge in [-0.3, -0.25) is 4.79 Å². The molecule has 2 aromatic heterocycles. The Morgan fingerprint density at radius 1 is 1.30 bits per heavy atom. The molecule has 27 heavy (non-hydrogen) atoms. The maximum atomic E-state index is 12.3. The van der Waals surface area contributed by atoms with Crippen LogP contribution in [0.3, 0.4) is 0 Å². The van der Waals surface area contributed by atoms with Crippen molar-refractivity contribution in [2.24, 2.45) is 0 Å². The number of rotatable bonds is 5.